The Balaban J connectivity index is 2.15. The molecule has 96 valence electrons. The van der Waals surface area contributed by atoms with Crippen LogP contribution in [0.3, 0.4) is 0 Å². The summed E-state index contributed by atoms with van der Waals surface area (Å²) in [4.78, 5) is 11.0. The second-order valence-electron chi connectivity index (χ2n) is 5.40. The molecule has 0 radical (unpaired) electrons. The van der Waals surface area contributed by atoms with Crippen molar-refractivity contribution in [2.45, 2.75) is 38.8 Å². The van der Waals surface area contributed by atoms with Crippen LogP contribution in [0.25, 0.3) is 10.2 Å². The fourth-order valence-corrected chi connectivity index (χ4v) is 3.60. The van der Waals surface area contributed by atoms with Crippen molar-refractivity contribution in [1.29, 1.82) is 0 Å². The summed E-state index contributed by atoms with van der Waals surface area (Å²) in [6.07, 6.45) is 2.12. The molecule has 3 rings (SSSR count). The molecular formula is C13H17N3OS. The first kappa shape index (κ1) is 11.9. The van der Waals surface area contributed by atoms with Gasteiger partial charge < -0.3 is 10.0 Å². The molecule has 0 amide bonds. The minimum atomic E-state index is -0.302. The maximum Gasteiger partial charge on any atom is 0.150 e. The van der Waals surface area contributed by atoms with Crippen molar-refractivity contribution in [3.63, 3.8) is 0 Å². The van der Waals surface area contributed by atoms with Gasteiger partial charge in [0.1, 0.15) is 6.33 Å². The van der Waals surface area contributed by atoms with Crippen LogP contribution in [0.4, 0.5) is 5.82 Å². The normalized spacial score (nSPS) is 22.9. The lowest BCUT2D eigenvalue weighted by atomic mass is 9.99. The van der Waals surface area contributed by atoms with Crippen LogP contribution in [-0.2, 0) is 0 Å². The van der Waals surface area contributed by atoms with Gasteiger partial charge in [-0.25, -0.2) is 9.97 Å². The number of rotatable bonds is 1. The van der Waals surface area contributed by atoms with E-state index in [0.717, 1.165) is 29.0 Å². The Morgan fingerprint density at radius 3 is 2.89 bits per heavy atom. The molecule has 1 aliphatic rings. The van der Waals surface area contributed by atoms with Crippen molar-refractivity contribution >= 4 is 27.4 Å². The Morgan fingerprint density at radius 2 is 2.22 bits per heavy atom. The molecule has 4 nitrogen and oxygen atoms in total. The lowest BCUT2D eigenvalue weighted by molar-refractivity contribution is 0.127. The summed E-state index contributed by atoms with van der Waals surface area (Å²) in [6.45, 7) is 7.05. The van der Waals surface area contributed by atoms with Crippen LogP contribution in [0.5, 0.6) is 0 Å². The molecule has 0 spiro atoms. The molecule has 18 heavy (non-hydrogen) atoms. The molecule has 1 fully saturated rings. The summed E-state index contributed by atoms with van der Waals surface area (Å²) in [6, 6.07) is 0. The number of nitrogens with zero attached hydrogens (tertiary/aromatic N) is 3. The average molecular weight is 263 g/mol. The zero-order chi connectivity index (χ0) is 12.9. The monoisotopic (exact) mass is 263 g/mol. The van der Waals surface area contributed by atoms with E-state index in [1.807, 2.05) is 0 Å². The van der Waals surface area contributed by atoms with Gasteiger partial charge in [0.05, 0.1) is 21.9 Å². The second kappa shape index (κ2) is 3.90. The number of aryl methyl sites for hydroxylation is 1. The van der Waals surface area contributed by atoms with Crippen LogP contribution in [0.1, 0.15) is 25.8 Å². The van der Waals surface area contributed by atoms with Crippen LogP contribution in [0, 0.1) is 6.92 Å². The Labute approximate surface area is 110 Å². The minimum Gasteiger partial charge on any atom is -0.391 e. The van der Waals surface area contributed by atoms with E-state index in [0.29, 0.717) is 0 Å². The highest BCUT2D eigenvalue weighted by atomic mass is 32.1. The van der Waals surface area contributed by atoms with Crippen molar-refractivity contribution in [3.05, 3.63) is 17.3 Å². The van der Waals surface area contributed by atoms with Gasteiger partial charge >= 0.3 is 0 Å². The molecule has 1 aliphatic heterocycles. The van der Waals surface area contributed by atoms with E-state index >= 15 is 0 Å². The highest BCUT2D eigenvalue weighted by Crippen LogP contribution is 2.38. The third-order valence-corrected chi connectivity index (χ3v) is 4.99. The van der Waals surface area contributed by atoms with Crippen molar-refractivity contribution in [2.24, 2.45) is 0 Å². The zero-order valence-corrected chi connectivity index (χ0v) is 11.7. The summed E-state index contributed by atoms with van der Waals surface area (Å²) in [5.74, 6) is 0.958. The number of aliphatic hydroxyl groups excluding tert-OH is 1. The van der Waals surface area contributed by atoms with E-state index in [1.165, 1.54) is 5.56 Å². The summed E-state index contributed by atoms with van der Waals surface area (Å²) < 4.78 is 1.12. The molecular weight excluding hydrogens is 246 g/mol. The van der Waals surface area contributed by atoms with E-state index in [2.05, 4.69) is 41.0 Å². The highest BCUT2D eigenvalue weighted by Gasteiger charge is 2.41. The highest BCUT2D eigenvalue weighted by molar-refractivity contribution is 7.18. The smallest absolute Gasteiger partial charge is 0.150 e. The third-order valence-electron chi connectivity index (χ3n) is 3.91. The summed E-state index contributed by atoms with van der Waals surface area (Å²) in [5, 5.41) is 12.2. The lowest BCUT2D eigenvalue weighted by Gasteiger charge is -2.34. The fourth-order valence-electron chi connectivity index (χ4n) is 2.60. The number of thiophene rings is 1. The molecule has 0 unspecified atom stereocenters. The minimum absolute atomic E-state index is 0.265. The molecule has 0 saturated carbocycles. The number of fused-ring (bicyclic) bond motifs is 1. The quantitative estimate of drug-likeness (QED) is 0.858. The van der Waals surface area contributed by atoms with E-state index in [-0.39, 0.29) is 11.6 Å². The summed E-state index contributed by atoms with van der Waals surface area (Å²) in [7, 11) is 0. The van der Waals surface area contributed by atoms with Gasteiger partial charge in [0.15, 0.2) is 5.82 Å². The van der Waals surface area contributed by atoms with Crippen LogP contribution >= 0.6 is 11.3 Å². The molecule has 1 N–H and O–H groups in total. The lowest BCUT2D eigenvalue weighted by Crippen LogP contribution is -2.45. The Bertz CT molecular complexity index is 593. The average Bonchev–Trinajstić information content (AvgIpc) is 2.83. The van der Waals surface area contributed by atoms with Gasteiger partial charge in [0.25, 0.3) is 0 Å². The Hall–Kier alpha value is -1.20. The number of hydrogen-bond donors (Lipinski definition) is 1. The molecule has 1 saturated heterocycles. The zero-order valence-electron chi connectivity index (χ0n) is 10.8. The standard InChI is InChI=1S/C13H17N3OS/c1-8-6-18-11-10(8)14-7-15-12(11)16-5-4-9(17)13(16,2)3/h6-7,9,17H,4-5H2,1-3H3/t9-/m0/s1. The first-order valence-corrected chi connectivity index (χ1v) is 7.04. The molecule has 1 atom stereocenters. The van der Waals surface area contributed by atoms with E-state index in [9.17, 15) is 5.11 Å². The molecule has 0 aromatic carbocycles. The van der Waals surface area contributed by atoms with Crippen molar-refractivity contribution in [2.75, 3.05) is 11.4 Å². The van der Waals surface area contributed by atoms with E-state index in [4.69, 9.17) is 0 Å². The molecule has 0 aliphatic carbocycles. The Morgan fingerprint density at radius 1 is 1.44 bits per heavy atom. The second-order valence-corrected chi connectivity index (χ2v) is 6.28. The maximum absolute atomic E-state index is 10.1. The molecule has 5 heteroatoms. The molecule has 0 bridgehead atoms. The van der Waals surface area contributed by atoms with Crippen molar-refractivity contribution in [3.8, 4) is 0 Å². The molecule has 3 heterocycles. The third kappa shape index (κ3) is 1.54. The van der Waals surface area contributed by atoms with Gasteiger partial charge in [-0.3, -0.25) is 0 Å². The number of anilines is 1. The van der Waals surface area contributed by atoms with Crippen LogP contribution in [0.15, 0.2) is 11.7 Å². The number of aromatic nitrogens is 2. The molecule has 2 aromatic rings. The largest absolute Gasteiger partial charge is 0.391 e. The topological polar surface area (TPSA) is 49.2 Å². The Kier molecular flexibility index (Phi) is 2.57. The van der Waals surface area contributed by atoms with Crippen molar-refractivity contribution in [1.82, 2.24) is 9.97 Å². The number of aliphatic hydroxyl groups is 1. The summed E-state index contributed by atoms with van der Waals surface area (Å²) in [5.41, 5.74) is 1.96. The summed E-state index contributed by atoms with van der Waals surface area (Å²) >= 11 is 1.68. The maximum atomic E-state index is 10.1. The van der Waals surface area contributed by atoms with Gasteiger partial charge in [0, 0.05) is 6.54 Å². The van der Waals surface area contributed by atoms with Gasteiger partial charge in [-0.1, -0.05) is 0 Å². The van der Waals surface area contributed by atoms with E-state index in [1.54, 1.807) is 17.7 Å². The van der Waals surface area contributed by atoms with Crippen LogP contribution in [0.2, 0.25) is 0 Å². The van der Waals surface area contributed by atoms with Gasteiger partial charge in [0.2, 0.25) is 0 Å². The SMILES string of the molecule is Cc1csc2c(N3CC[C@H](O)C3(C)C)ncnc12. The predicted molar refractivity (Wildman–Crippen MR) is 74.2 cm³/mol. The van der Waals surface area contributed by atoms with Crippen LogP contribution in [-0.4, -0.2) is 33.3 Å². The van der Waals surface area contributed by atoms with Gasteiger partial charge in [-0.2, -0.15) is 0 Å². The number of hydrogen-bond acceptors (Lipinski definition) is 5. The van der Waals surface area contributed by atoms with E-state index < -0.39 is 0 Å². The van der Waals surface area contributed by atoms with Crippen LogP contribution < -0.4 is 4.90 Å². The molecule has 2 aromatic heterocycles. The van der Waals surface area contributed by atoms with Gasteiger partial charge in [-0.05, 0) is 38.1 Å². The fraction of sp³-hybridized carbons (Fsp3) is 0.538. The predicted octanol–water partition coefficient (Wildman–Crippen LogP) is 2.35. The van der Waals surface area contributed by atoms with Crippen molar-refractivity contribution < 1.29 is 5.11 Å². The first-order valence-electron chi connectivity index (χ1n) is 6.16. The first-order chi connectivity index (χ1) is 8.51. The van der Waals surface area contributed by atoms with Gasteiger partial charge in [-0.15, -0.1) is 11.3 Å².